The molecule has 202 valence electrons. The first-order valence-corrected chi connectivity index (χ1v) is 12.3. The number of rotatable bonds is 12. The Kier molecular flexibility index (Phi) is 9.47. The Labute approximate surface area is 220 Å². The topological polar surface area (TPSA) is 116 Å². The smallest absolute Gasteiger partial charge is 0.343 e. The molecule has 0 aromatic heterocycles. The van der Waals surface area contributed by atoms with Crippen molar-refractivity contribution >= 4 is 17.9 Å². The maximum Gasteiger partial charge on any atom is 0.343 e. The summed E-state index contributed by atoms with van der Waals surface area (Å²) >= 11 is 0. The predicted molar refractivity (Wildman–Crippen MR) is 133 cm³/mol. The number of carbonyl (C=O) groups excluding carboxylic acids is 3. The van der Waals surface area contributed by atoms with Gasteiger partial charge < -0.3 is 33.2 Å². The van der Waals surface area contributed by atoms with Crippen LogP contribution in [-0.2, 0) is 28.5 Å². The highest BCUT2D eigenvalue weighted by Gasteiger charge is 2.49. The fraction of sp³-hybridized carbons (Fsp3) is 0.393. The minimum atomic E-state index is -0.545. The molecule has 0 saturated carbocycles. The molecule has 38 heavy (non-hydrogen) atoms. The molecule has 2 aliphatic heterocycles. The molecule has 0 aliphatic carbocycles. The molecular formula is C28H30O10. The van der Waals surface area contributed by atoms with Crippen molar-refractivity contribution in [2.75, 3.05) is 33.5 Å². The molecule has 0 spiro atoms. The monoisotopic (exact) mass is 526 g/mol. The van der Waals surface area contributed by atoms with Crippen LogP contribution in [0.2, 0.25) is 0 Å². The third kappa shape index (κ3) is 6.97. The summed E-state index contributed by atoms with van der Waals surface area (Å²) in [5.41, 5.74) is 0.661. The number of esters is 3. The van der Waals surface area contributed by atoms with Gasteiger partial charge >= 0.3 is 17.9 Å². The average Bonchev–Trinajstić information content (AvgIpc) is 3.53. The first kappa shape index (κ1) is 27.3. The van der Waals surface area contributed by atoms with E-state index in [-0.39, 0.29) is 30.7 Å². The second-order valence-corrected chi connectivity index (χ2v) is 8.68. The molecular weight excluding hydrogens is 496 g/mol. The van der Waals surface area contributed by atoms with E-state index in [4.69, 9.17) is 33.2 Å². The first-order chi connectivity index (χ1) is 18.5. The van der Waals surface area contributed by atoms with E-state index in [9.17, 15) is 14.4 Å². The Hall–Kier alpha value is -3.73. The van der Waals surface area contributed by atoms with E-state index in [1.165, 1.54) is 24.3 Å². The lowest BCUT2D eigenvalue weighted by Crippen LogP contribution is -2.34. The van der Waals surface area contributed by atoms with Crippen LogP contribution in [0.4, 0.5) is 0 Å². The minimum absolute atomic E-state index is 0.173. The van der Waals surface area contributed by atoms with Gasteiger partial charge in [-0.3, -0.25) is 0 Å². The van der Waals surface area contributed by atoms with Gasteiger partial charge in [-0.15, -0.1) is 0 Å². The second-order valence-electron chi connectivity index (χ2n) is 8.68. The van der Waals surface area contributed by atoms with Gasteiger partial charge in [0.05, 0.1) is 37.6 Å². The summed E-state index contributed by atoms with van der Waals surface area (Å²) in [4.78, 5) is 36.1. The normalized spacial score (nSPS) is 21.8. The van der Waals surface area contributed by atoms with Crippen molar-refractivity contribution in [2.45, 2.75) is 37.3 Å². The molecule has 2 saturated heterocycles. The van der Waals surface area contributed by atoms with E-state index in [0.717, 1.165) is 6.08 Å². The van der Waals surface area contributed by atoms with Crippen molar-refractivity contribution in [3.63, 3.8) is 0 Å². The van der Waals surface area contributed by atoms with Crippen molar-refractivity contribution in [1.29, 1.82) is 0 Å². The van der Waals surface area contributed by atoms with Crippen LogP contribution in [0.15, 0.2) is 61.2 Å². The minimum Gasteiger partial charge on any atom is -0.494 e. The Morgan fingerprint density at radius 1 is 0.842 bits per heavy atom. The average molecular weight is 527 g/mol. The number of hydrogen-bond donors (Lipinski definition) is 0. The molecule has 2 unspecified atom stereocenters. The highest BCUT2D eigenvalue weighted by Crippen LogP contribution is 2.30. The van der Waals surface area contributed by atoms with Crippen LogP contribution < -0.4 is 9.47 Å². The number of methoxy groups -OCH3 is 1. The molecule has 0 radical (unpaired) electrons. The van der Waals surface area contributed by atoms with Gasteiger partial charge in [0.1, 0.15) is 29.8 Å². The van der Waals surface area contributed by atoms with Crippen LogP contribution in [0.3, 0.4) is 0 Å². The van der Waals surface area contributed by atoms with Gasteiger partial charge in [0.2, 0.25) is 0 Å². The first-order valence-electron chi connectivity index (χ1n) is 12.3. The lowest BCUT2D eigenvalue weighted by atomic mass is 10.1. The number of ether oxygens (including phenoxy) is 7. The molecule has 0 N–H and O–H groups in total. The van der Waals surface area contributed by atoms with Crippen molar-refractivity contribution in [3.05, 3.63) is 72.3 Å². The van der Waals surface area contributed by atoms with Crippen molar-refractivity contribution in [3.8, 4) is 11.5 Å². The molecule has 4 atom stereocenters. The summed E-state index contributed by atoms with van der Waals surface area (Å²) < 4.78 is 38.2. The van der Waals surface area contributed by atoms with Gasteiger partial charge in [0.25, 0.3) is 0 Å². The van der Waals surface area contributed by atoms with Crippen molar-refractivity contribution in [1.82, 2.24) is 0 Å². The SMILES string of the molecule is C=CC(=O)OCCCCOc1ccc(C(=O)Oc2ccc(C(=O)O[C@H]3COC4C3OC[C@H]4OC)cc2)cc1. The van der Waals surface area contributed by atoms with E-state index in [2.05, 4.69) is 6.58 Å². The predicted octanol–water partition coefficient (Wildman–Crippen LogP) is 3.13. The van der Waals surface area contributed by atoms with Crippen LogP contribution in [0.25, 0.3) is 0 Å². The molecule has 2 heterocycles. The Morgan fingerprint density at radius 2 is 1.42 bits per heavy atom. The Bertz CT molecular complexity index is 1110. The maximum absolute atomic E-state index is 12.6. The number of unbranched alkanes of at least 4 members (excludes halogenated alkanes) is 1. The number of fused-ring (bicyclic) bond motifs is 1. The van der Waals surface area contributed by atoms with E-state index < -0.39 is 24.0 Å². The largest absolute Gasteiger partial charge is 0.494 e. The van der Waals surface area contributed by atoms with Crippen LogP contribution >= 0.6 is 0 Å². The van der Waals surface area contributed by atoms with Crippen molar-refractivity contribution < 1.29 is 47.5 Å². The number of hydrogen-bond acceptors (Lipinski definition) is 10. The van der Waals surface area contributed by atoms with Crippen LogP contribution in [0.1, 0.15) is 33.6 Å². The van der Waals surface area contributed by atoms with Crippen LogP contribution in [-0.4, -0.2) is 75.9 Å². The third-order valence-electron chi connectivity index (χ3n) is 6.13. The molecule has 2 aliphatic rings. The summed E-state index contributed by atoms with van der Waals surface area (Å²) in [6, 6.07) is 12.7. The van der Waals surface area contributed by atoms with Crippen LogP contribution in [0.5, 0.6) is 11.5 Å². The second kappa shape index (κ2) is 13.2. The molecule has 0 bridgehead atoms. The lowest BCUT2D eigenvalue weighted by molar-refractivity contribution is -0.137. The molecule has 2 aromatic carbocycles. The summed E-state index contributed by atoms with van der Waals surface area (Å²) in [5.74, 6) is -0.617. The fourth-order valence-corrected chi connectivity index (χ4v) is 4.08. The molecule has 4 rings (SSSR count). The Balaban J connectivity index is 1.20. The Morgan fingerprint density at radius 3 is 2.08 bits per heavy atom. The van der Waals surface area contributed by atoms with Gasteiger partial charge in [-0.1, -0.05) is 6.58 Å². The zero-order valence-corrected chi connectivity index (χ0v) is 21.0. The quantitative estimate of drug-likeness (QED) is 0.177. The van der Waals surface area contributed by atoms with Gasteiger partial charge in [0.15, 0.2) is 6.10 Å². The van der Waals surface area contributed by atoms with Gasteiger partial charge in [-0.2, -0.15) is 0 Å². The molecule has 10 nitrogen and oxygen atoms in total. The standard InChI is InChI=1S/C28H30O10/c1-3-24(29)34-15-5-4-14-33-20-10-6-18(7-11-20)27(30)37-21-12-8-19(9-13-21)28(31)38-23-17-36-25-22(32-2)16-35-26(23)25/h3,6-13,22-23,25-26H,1,4-5,14-17H2,2H3/t22-,23+,25?,26?/m1/s1. The lowest BCUT2D eigenvalue weighted by Gasteiger charge is -2.16. The van der Waals surface area contributed by atoms with E-state index in [1.54, 1.807) is 31.4 Å². The fourth-order valence-electron chi connectivity index (χ4n) is 4.08. The number of carbonyl (C=O) groups is 3. The molecule has 10 heteroatoms. The summed E-state index contributed by atoms with van der Waals surface area (Å²) in [7, 11) is 1.59. The van der Waals surface area contributed by atoms with Gasteiger partial charge in [-0.05, 0) is 61.4 Å². The van der Waals surface area contributed by atoms with E-state index in [1.807, 2.05) is 0 Å². The zero-order valence-electron chi connectivity index (χ0n) is 21.0. The third-order valence-corrected chi connectivity index (χ3v) is 6.13. The number of benzene rings is 2. The van der Waals surface area contributed by atoms with E-state index in [0.29, 0.717) is 49.5 Å². The van der Waals surface area contributed by atoms with E-state index >= 15 is 0 Å². The summed E-state index contributed by atoms with van der Waals surface area (Å²) in [6.07, 6.45) is 1.21. The molecule has 0 amide bonds. The van der Waals surface area contributed by atoms with Crippen molar-refractivity contribution in [2.24, 2.45) is 0 Å². The highest BCUT2D eigenvalue weighted by atomic mass is 16.7. The van der Waals surface area contributed by atoms with Gasteiger partial charge in [-0.25, -0.2) is 14.4 Å². The summed E-state index contributed by atoms with van der Waals surface area (Å²) in [5, 5.41) is 0. The van der Waals surface area contributed by atoms with Gasteiger partial charge in [0, 0.05) is 13.2 Å². The maximum atomic E-state index is 12.6. The van der Waals surface area contributed by atoms with Crippen LogP contribution in [0, 0.1) is 0 Å². The summed E-state index contributed by atoms with van der Waals surface area (Å²) in [6.45, 7) is 4.73. The highest BCUT2D eigenvalue weighted by molar-refractivity contribution is 5.92. The molecule has 2 fully saturated rings. The zero-order chi connectivity index (χ0) is 26.9. The molecule has 2 aromatic rings.